The van der Waals surface area contributed by atoms with E-state index >= 15 is 0 Å². The minimum Gasteiger partial charge on any atom is -0.497 e. The fraction of sp³-hybridized carbons (Fsp3) is 0.596. The molecule has 3 rings (SSSR count). The molecule has 0 bridgehead atoms. The number of esters is 1. The number of aliphatic hydroxyl groups is 1. The van der Waals surface area contributed by atoms with Gasteiger partial charge in [0.1, 0.15) is 36.6 Å². The molecule has 12 heteroatoms. The molecular weight excluding hydrogens is 781 g/mol. The maximum atomic E-state index is 13.3. The monoisotopic (exact) mass is 850 g/mol. The van der Waals surface area contributed by atoms with Crippen molar-refractivity contribution in [3.63, 3.8) is 0 Å². The average molecular weight is 851 g/mol. The van der Waals surface area contributed by atoms with Crippen LogP contribution in [0.4, 0.5) is 0 Å². The van der Waals surface area contributed by atoms with Gasteiger partial charge in [-0.05, 0) is 92.9 Å². The van der Waals surface area contributed by atoms with Gasteiger partial charge in [0, 0.05) is 19.1 Å². The zero-order chi connectivity index (χ0) is 43.7. The lowest BCUT2D eigenvalue weighted by Gasteiger charge is -2.44. The molecule has 10 nitrogen and oxygen atoms in total. The number of aliphatic hydroxyl groups excluding tert-OH is 1. The SMILES string of the molecule is C#C[C@@H](Oc1ccccc1)[C@@]1(O[Si](CC)(CC)CC)C[C@H](OCOC)C=C1C#C[C@@](CO)(O[Si](CC)(CC)CC)[C@H](COC(=O)C(C)(C)C)OCc1ccc(OC)cc1. The van der Waals surface area contributed by atoms with E-state index in [1.54, 1.807) is 35.0 Å². The topological polar surface area (TPSA) is 111 Å². The molecule has 0 heterocycles. The van der Waals surface area contributed by atoms with Gasteiger partial charge < -0.3 is 42.4 Å². The summed E-state index contributed by atoms with van der Waals surface area (Å²) in [5.74, 6) is 10.8. The van der Waals surface area contributed by atoms with Gasteiger partial charge in [0.05, 0.1) is 31.8 Å². The van der Waals surface area contributed by atoms with Gasteiger partial charge in [-0.1, -0.05) is 89.6 Å². The van der Waals surface area contributed by atoms with Crippen LogP contribution in [0.15, 0.2) is 66.2 Å². The fourth-order valence-corrected chi connectivity index (χ4v) is 13.3. The van der Waals surface area contributed by atoms with Crippen molar-refractivity contribution in [3.05, 3.63) is 71.8 Å². The lowest BCUT2D eigenvalue weighted by molar-refractivity contribution is -0.166. The van der Waals surface area contributed by atoms with Crippen molar-refractivity contribution >= 4 is 22.6 Å². The Labute approximate surface area is 356 Å². The summed E-state index contributed by atoms with van der Waals surface area (Å²) in [6.07, 6.45) is 6.28. The lowest BCUT2D eigenvalue weighted by atomic mass is 9.88. The Kier molecular flexibility index (Phi) is 19.4. The first-order valence-corrected chi connectivity index (χ1v) is 26.2. The molecule has 5 atom stereocenters. The van der Waals surface area contributed by atoms with Crippen molar-refractivity contribution in [1.82, 2.24) is 0 Å². The van der Waals surface area contributed by atoms with Gasteiger partial charge in [0.2, 0.25) is 0 Å². The summed E-state index contributed by atoms with van der Waals surface area (Å²) in [4.78, 5) is 13.3. The van der Waals surface area contributed by atoms with Gasteiger partial charge in [-0.3, -0.25) is 4.79 Å². The van der Waals surface area contributed by atoms with Crippen LogP contribution in [-0.4, -0.2) is 91.5 Å². The molecule has 0 fully saturated rings. The Morgan fingerprint density at radius 1 is 0.898 bits per heavy atom. The van der Waals surface area contributed by atoms with E-state index in [0.717, 1.165) is 41.8 Å². The Balaban J connectivity index is 2.38. The lowest BCUT2D eigenvalue weighted by Crippen LogP contribution is -2.58. The van der Waals surface area contributed by atoms with Crippen LogP contribution >= 0.6 is 0 Å². The number of methoxy groups -OCH3 is 2. The van der Waals surface area contributed by atoms with Crippen LogP contribution < -0.4 is 9.47 Å². The minimum absolute atomic E-state index is 0.0395. The van der Waals surface area contributed by atoms with Crippen LogP contribution in [0.25, 0.3) is 0 Å². The van der Waals surface area contributed by atoms with E-state index in [2.05, 4.69) is 59.3 Å². The van der Waals surface area contributed by atoms with Crippen molar-refractivity contribution in [2.45, 2.75) is 141 Å². The zero-order valence-corrected chi connectivity index (χ0v) is 39.5. The third-order valence-electron chi connectivity index (χ3n) is 11.7. The zero-order valence-electron chi connectivity index (χ0n) is 37.5. The first kappa shape index (κ1) is 49.9. The first-order valence-electron chi connectivity index (χ1n) is 21.1. The van der Waals surface area contributed by atoms with E-state index in [1.807, 2.05) is 60.7 Å². The molecule has 0 saturated carbocycles. The van der Waals surface area contributed by atoms with Gasteiger partial charge in [0.25, 0.3) is 0 Å². The quantitative estimate of drug-likeness (QED) is 0.0476. The Bertz CT molecular complexity index is 1700. The van der Waals surface area contributed by atoms with Crippen molar-refractivity contribution in [1.29, 1.82) is 0 Å². The molecule has 2 aromatic carbocycles. The maximum absolute atomic E-state index is 13.3. The number of carbonyl (C=O) groups is 1. The van der Waals surface area contributed by atoms with Crippen LogP contribution in [0.1, 0.15) is 74.3 Å². The molecule has 0 amide bonds. The van der Waals surface area contributed by atoms with Crippen molar-refractivity contribution in [3.8, 4) is 35.7 Å². The van der Waals surface area contributed by atoms with Crippen LogP contribution in [-0.2, 0) is 39.2 Å². The largest absolute Gasteiger partial charge is 0.497 e. The predicted octanol–water partition coefficient (Wildman–Crippen LogP) is 9.09. The van der Waals surface area contributed by atoms with Gasteiger partial charge in [0.15, 0.2) is 28.3 Å². The number of rotatable bonds is 24. The average Bonchev–Trinajstić information content (AvgIpc) is 3.61. The Morgan fingerprint density at radius 2 is 1.51 bits per heavy atom. The Morgan fingerprint density at radius 3 is 2.02 bits per heavy atom. The summed E-state index contributed by atoms with van der Waals surface area (Å²) in [5, 5.41) is 11.7. The van der Waals surface area contributed by atoms with Crippen LogP contribution in [0.2, 0.25) is 36.3 Å². The second-order valence-electron chi connectivity index (χ2n) is 16.2. The number of ether oxygens (including phenoxy) is 6. The molecule has 1 aliphatic rings. The first-order chi connectivity index (χ1) is 28.2. The van der Waals surface area contributed by atoms with E-state index in [9.17, 15) is 9.90 Å². The normalized spacial score (nSPS) is 19.0. The second-order valence-corrected chi connectivity index (χ2v) is 25.6. The summed E-state index contributed by atoms with van der Waals surface area (Å²) in [7, 11) is -1.83. The number of carbonyl (C=O) groups excluding carboxylic acids is 1. The maximum Gasteiger partial charge on any atom is 0.311 e. The van der Waals surface area contributed by atoms with Crippen LogP contribution in [0, 0.1) is 29.6 Å². The smallest absolute Gasteiger partial charge is 0.311 e. The van der Waals surface area contributed by atoms with E-state index in [0.29, 0.717) is 23.5 Å². The number of hydrogen-bond acceptors (Lipinski definition) is 10. The molecule has 0 spiro atoms. The van der Waals surface area contributed by atoms with Gasteiger partial charge >= 0.3 is 5.97 Å². The van der Waals surface area contributed by atoms with Crippen molar-refractivity contribution < 1.29 is 47.2 Å². The molecule has 0 saturated heterocycles. The van der Waals surface area contributed by atoms with E-state index in [1.165, 1.54) is 0 Å². The third-order valence-corrected chi connectivity index (χ3v) is 21.0. The molecular formula is C47H70O10Si2. The van der Waals surface area contributed by atoms with Crippen LogP contribution in [0.3, 0.4) is 0 Å². The highest BCUT2D eigenvalue weighted by atomic mass is 28.4. The fourth-order valence-electron chi connectivity index (χ4n) is 7.33. The molecule has 326 valence electrons. The summed E-state index contributed by atoms with van der Waals surface area (Å²) >= 11 is 0. The molecule has 0 aliphatic heterocycles. The highest BCUT2D eigenvalue weighted by molar-refractivity contribution is 6.74. The summed E-state index contributed by atoms with van der Waals surface area (Å²) in [6, 6.07) is 21.8. The molecule has 0 radical (unpaired) electrons. The second kappa shape index (κ2) is 23.0. The Hall–Kier alpha value is -3.44. The van der Waals surface area contributed by atoms with Gasteiger partial charge in [-0.25, -0.2) is 0 Å². The van der Waals surface area contributed by atoms with Gasteiger partial charge in [-0.2, -0.15) is 0 Å². The number of para-hydroxylation sites is 1. The summed E-state index contributed by atoms with van der Waals surface area (Å²) in [6.45, 7) is 17.6. The van der Waals surface area contributed by atoms with Crippen LogP contribution in [0.5, 0.6) is 11.5 Å². The molecule has 2 aromatic rings. The highest BCUT2D eigenvalue weighted by Crippen LogP contribution is 2.44. The third kappa shape index (κ3) is 12.8. The molecule has 1 N–H and O–H groups in total. The van der Waals surface area contributed by atoms with Crippen molar-refractivity contribution in [2.24, 2.45) is 5.41 Å². The van der Waals surface area contributed by atoms with E-state index in [4.69, 9.17) is 43.7 Å². The van der Waals surface area contributed by atoms with Gasteiger partial charge in [-0.15, -0.1) is 6.42 Å². The minimum atomic E-state index is -2.57. The van der Waals surface area contributed by atoms with Crippen molar-refractivity contribution in [2.75, 3.05) is 34.2 Å². The predicted molar refractivity (Wildman–Crippen MR) is 238 cm³/mol. The molecule has 59 heavy (non-hydrogen) atoms. The number of hydrogen-bond donors (Lipinski definition) is 1. The number of benzene rings is 2. The standard InChI is InChI=1S/C47H70O10Si2/c1-13-42(55-40-23-21-20-22-24-40)47(57-59(17-5,18-6)19-7)32-41(54-36-50-11)31-38(47)29-30-46(35-48,56-58(14-2,15-3)16-4)43(34-53-44(49)45(8,9)10)52-33-37-25-27-39(51-12)28-26-37/h1,20-28,31,41-43,48H,14-19,32-36H2,2-12H3/t41-,42-,43+,46+,47-/m1/s1. The van der Waals surface area contributed by atoms with E-state index in [-0.39, 0.29) is 20.0 Å². The number of terminal acetylenes is 1. The molecule has 0 aromatic heterocycles. The summed E-state index contributed by atoms with van der Waals surface area (Å²) in [5.41, 5.74) is -2.26. The summed E-state index contributed by atoms with van der Waals surface area (Å²) < 4.78 is 51.1. The van der Waals surface area contributed by atoms with E-state index < -0.39 is 64.1 Å². The highest BCUT2D eigenvalue weighted by Gasteiger charge is 2.54. The molecule has 0 unspecified atom stereocenters. The molecule has 1 aliphatic carbocycles.